The van der Waals surface area contributed by atoms with Gasteiger partial charge in [-0.25, -0.2) is 0 Å². The molecule has 2 aromatic rings. The average Bonchev–Trinajstić information content (AvgIpc) is 2.63. The molecule has 0 heterocycles. The number of ether oxygens (including phenoxy) is 1. The predicted octanol–water partition coefficient (Wildman–Crippen LogP) is 5.55. The zero-order valence-corrected chi connectivity index (χ0v) is 16.1. The Bertz CT molecular complexity index is 633. The number of rotatable bonds is 10. The van der Waals surface area contributed by atoms with Crippen molar-refractivity contribution in [1.29, 1.82) is 0 Å². The number of unbranched alkanes of at least 4 members (excludes halogenated alkanes) is 3. The maximum atomic E-state index is 6.08. The molecule has 2 nitrogen and oxygen atoms in total. The summed E-state index contributed by atoms with van der Waals surface area (Å²) in [6.45, 7) is 8.02. The summed E-state index contributed by atoms with van der Waals surface area (Å²) < 4.78 is 5.83. The molecule has 0 amide bonds. The molecule has 0 saturated carbocycles. The maximum Gasteiger partial charge on any atom is 0.119 e. The fourth-order valence-electron chi connectivity index (χ4n) is 3.25. The predicted molar refractivity (Wildman–Crippen MR) is 107 cm³/mol. The van der Waals surface area contributed by atoms with Gasteiger partial charge in [-0.15, -0.1) is 0 Å². The van der Waals surface area contributed by atoms with E-state index in [0.29, 0.717) is 12.5 Å². The molecule has 0 bridgehead atoms. The summed E-state index contributed by atoms with van der Waals surface area (Å²) in [7, 11) is 0. The van der Waals surface area contributed by atoms with E-state index in [1.165, 1.54) is 41.5 Å². The first-order chi connectivity index (χ1) is 12.1. The van der Waals surface area contributed by atoms with Crippen LogP contribution in [0, 0.1) is 13.8 Å². The van der Waals surface area contributed by atoms with E-state index in [2.05, 4.69) is 63.2 Å². The summed E-state index contributed by atoms with van der Waals surface area (Å²) in [5, 5.41) is 0. The van der Waals surface area contributed by atoms with Gasteiger partial charge < -0.3 is 10.5 Å². The molecule has 0 aliphatic rings. The second-order valence-electron chi connectivity index (χ2n) is 7.05. The summed E-state index contributed by atoms with van der Waals surface area (Å²) in [5.74, 6) is 1.33. The van der Waals surface area contributed by atoms with Gasteiger partial charge in [0.2, 0.25) is 0 Å². The standard InChI is InChI=1S/C23H33NO/c1-4-5-6-7-14-25-22-12-10-20(11-13-22)16-21(17-24)23-15-18(2)8-9-19(23)3/h8-13,15,21H,4-7,14,16-17,24H2,1-3H3. The summed E-state index contributed by atoms with van der Waals surface area (Å²) in [6, 6.07) is 15.2. The zero-order valence-electron chi connectivity index (χ0n) is 16.1. The minimum absolute atomic E-state index is 0.362. The Hall–Kier alpha value is -1.80. The third-order valence-electron chi connectivity index (χ3n) is 4.83. The minimum atomic E-state index is 0.362. The summed E-state index contributed by atoms with van der Waals surface area (Å²) in [6.07, 6.45) is 5.91. The van der Waals surface area contributed by atoms with Crippen LogP contribution >= 0.6 is 0 Å². The first kappa shape index (κ1) is 19.5. The summed E-state index contributed by atoms with van der Waals surface area (Å²) in [5.41, 5.74) is 11.4. The van der Waals surface area contributed by atoms with Gasteiger partial charge >= 0.3 is 0 Å². The number of nitrogens with two attached hydrogens (primary N) is 1. The largest absolute Gasteiger partial charge is 0.494 e. The fraction of sp³-hybridized carbons (Fsp3) is 0.478. The van der Waals surface area contributed by atoms with Crippen LogP contribution in [0.15, 0.2) is 42.5 Å². The molecule has 0 aliphatic heterocycles. The highest BCUT2D eigenvalue weighted by molar-refractivity contribution is 5.36. The molecule has 0 saturated heterocycles. The molecule has 0 aromatic heterocycles. The Morgan fingerprint density at radius 2 is 1.72 bits per heavy atom. The SMILES string of the molecule is CCCCCCOc1ccc(CC(CN)c2cc(C)ccc2C)cc1. The van der Waals surface area contributed by atoms with E-state index >= 15 is 0 Å². The van der Waals surface area contributed by atoms with E-state index in [-0.39, 0.29) is 0 Å². The Morgan fingerprint density at radius 1 is 0.960 bits per heavy atom. The third kappa shape index (κ3) is 6.21. The molecular weight excluding hydrogens is 306 g/mol. The first-order valence-electron chi connectivity index (χ1n) is 9.63. The molecule has 0 aliphatic carbocycles. The topological polar surface area (TPSA) is 35.2 Å². The van der Waals surface area contributed by atoms with Crippen molar-refractivity contribution in [3.05, 3.63) is 64.7 Å². The number of hydrogen-bond acceptors (Lipinski definition) is 2. The highest BCUT2D eigenvalue weighted by Gasteiger charge is 2.13. The quantitative estimate of drug-likeness (QED) is 0.576. The first-order valence-corrected chi connectivity index (χ1v) is 9.63. The summed E-state index contributed by atoms with van der Waals surface area (Å²) >= 11 is 0. The van der Waals surface area contributed by atoms with E-state index in [9.17, 15) is 0 Å². The second-order valence-corrected chi connectivity index (χ2v) is 7.05. The van der Waals surface area contributed by atoms with Crippen molar-refractivity contribution in [3.63, 3.8) is 0 Å². The van der Waals surface area contributed by atoms with Crippen molar-refractivity contribution < 1.29 is 4.74 Å². The van der Waals surface area contributed by atoms with Crippen molar-refractivity contribution in [3.8, 4) is 5.75 Å². The highest BCUT2D eigenvalue weighted by atomic mass is 16.5. The molecule has 2 N–H and O–H groups in total. The average molecular weight is 340 g/mol. The van der Waals surface area contributed by atoms with Crippen molar-refractivity contribution in [2.24, 2.45) is 5.73 Å². The normalized spacial score (nSPS) is 12.2. The fourth-order valence-corrected chi connectivity index (χ4v) is 3.25. The van der Waals surface area contributed by atoms with Crippen molar-refractivity contribution in [2.45, 2.75) is 58.8 Å². The van der Waals surface area contributed by atoms with Crippen LogP contribution in [0.2, 0.25) is 0 Å². The van der Waals surface area contributed by atoms with Gasteiger partial charge in [-0.3, -0.25) is 0 Å². The molecule has 0 radical (unpaired) electrons. The number of benzene rings is 2. The van der Waals surface area contributed by atoms with Gasteiger partial charge in [0.25, 0.3) is 0 Å². The van der Waals surface area contributed by atoms with Crippen molar-refractivity contribution in [2.75, 3.05) is 13.2 Å². The Balaban J connectivity index is 1.93. The molecule has 2 aromatic carbocycles. The molecule has 1 atom stereocenters. The van der Waals surface area contributed by atoms with Crippen LogP contribution < -0.4 is 10.5 Å². The minimum Gasteiger partial charge on any atom is -0.494 e. The molecule has 1 unspecified atom stereocenters. The Labute approximate surface area is 153 Å². The van der Waals surface area contributed by atoms with Gasteiger partial charge in [-0.1, -0.05) is 62.1 Å². The number of aryl methyl sites for hydroxylation is 2. The number of hydrogen-bond donors (Lipinski definition) is 1. The maximum absolute atomic E-state index is 6.08. The monoisotopic (exact) mass is 339 g/mol. The van der Waals surface area contributed by atoms with Gasteiger partial charge in [-0.2, -0.15) is 0 Å². The molecule has 25 heavy (non-hydrogen) atoms. The second kappa shape index (κ2) is 10.2. The lowest BCUT2D eigenvalue weighted by Crippen LogP contribution is -2.16. The van der Waals surface area contributed by atoms with Crippen LogP contribution in [-0.4, -0.2) is 13.2 Å². The van der Waals surface area contributed by atoms with Gasteiger partial charge in [-0.05, 0) is 62.1 Å². The molecular formula is C23H33NO. The van der Waals surface area contributed by atoms with E-state index in [0.717, 1.165) is 25.2 Å². The lowest BCUT2D eigenvalue weighted by Gasteiger charge is -2.19. The van der Waals surface area contributed by atoms with Crippen LogP contribution in [0.1, 0.15) is 60.8 Å². The van der Waals surface area contributed by atoms with Crippen LogP contribution in [0.25, 0.3) is 0 Å². The molecule has 2 rings (SSSR count). The van der Waals surface area contributed by atoms with Gasteiger partial charge in [0.05, 0.1) is 6.61 Å². The van der Waals surface area contributed by atoms with E-state index in [4.69, 9.17) is 10.5 Å². The van der Waals surface area contributed by atoms with Gasteiger partial charge in [0.1, 0.15) is 5.75 Å². The summed E-state index contributed by atoms with van der Waals surface area (Å²) in [4.78, 5) is 0. The van der Waals surface area contributed by atoms with E-state index < -0.39 is 0 Å². The van der Waals surface area contributed by atoms with Crippen LogP contribution in [0.3, 0.4) is 0 Å². The lowest BCUT2D eigenvalue weighted by atomic mass is 9.88. The molecule has 0 fully saturated rings. The Morgan fingerprint density at radius 3 is 2.40 bits per heavy atom. The Kier molecular flexibility index (Phi) is 8.00. The van der Waals surface area contributed by atoms with Crippen LogP contribution in [0.4, 0.5) is 0 Å². The van der Waals surface area contributed by atoms with Crippen LogP contribution in [-0.2, 0) is 6.42 Å². The zero-order chi connectivity index (χ0) is 18.1. The third-order valence-corrected chi connectivity index (χ3v) is 4.83. The smallest absolute Gasteiger partial charge is 0.119 e. The van der Waals surface area contributed by atoms with Crippen molar-refractivity contribution >= 4 is 0 Å². The molecule has 2 heteroatoms. The van der Waals surface area contributed by atoms with E-state index in [1.54, 1.807) is 0 Å². The van der Waals surface area contributed by atoms with Crippen molar-refractivity contribution in [1.82, 2.24) is 0 Å². The molecule has 136 valence electrons. The highest BCUT2D eigenvalue weighted by Crippen LogP contribution is 2.25. The molecule has 0 spiro atoms. The van der Waals surface area contributed by atoms with Crippen LogP contribution in [0.5, 0.6) is 5.75 Å². The van der Waals surface area contributed by atoms with E-state index in [1.807, 2.05) is 0 Å². The van der Waals surface area contributed by atoms with Gasteiger partial charge in [0.15, 0.2) is 0 Å². The lowest BCUT2D eigenvalue weighted by molar-refractivity contribution is 0.305. The van der Waals surface area contributed by atoms with Gasteiger partial charge in [0, 0.05) is 5.92 Å².